The fourth-order valence-electron chi connectivity index (χ4n) is 1.87. The van der Waals surface area contributed by atoms with Crippen LogP contribution in [0, 0.1) is 0 Å². The van der Waals surface area contributed by atoms with Crippen LogP contribution in [0.1, 0.15) is 6.92 Å². The standard InChI is InChI=1S/C11H19N5O/c1-2-13-10-5-11(15-8-14-10)16-3-4-17-9(6-12)7-16/h5,8-9H,2-4,6-7,12H2,1H3,(H,13,14,15). The van der Waals surface area contributed by atoms with E-state index in [1.54, 1.807) is 6.33 Å². The molecule has 6 heteroatoms. The van der Waals surface area contributed by atoms with Gasteiger partial charge in [-0.05, 0) is 6.92 Å². The highest BCUT2D eigenvalue weighted by atomic mass is 16.5. The van der Waals surface area contributed by atoms with Gasteiger partial charge < -0.3 is 20.7 Å². The predicted molar refractivity (Wildman–Crippen MR) is 67.2 cm³/mol. The Morgan fingerprint density at radius 1 is 1.59 bits per heavy atom. The van der Waals surface area contributed by atoms with Gasteiger partial charge in [0, 0.05) is 32.2 Å². The van der Waals surface area contributed by atoms with Gasteiger partial charge in [-0.2, -0.15) is 0 Å². The first-order valence-corrected chi connectivity index (χ1v) is 5.96. The summed E-state index contributed by atoms with van der Waals surface area (Å²) in [6.07, 6.45) is 1.68. The molecule has 94 valence electrons. The normalized spacial score (nSPS) is 20.4. The van der Waals surface area contributed by atoms with E-state index in [-0.39, 0.29) is 6.10 Å². The van der Waals surface area contributed by atoms with Crippen LogP contribution in [0.3, 0.4) is 0 Å². The number of ether oxygens (including phenoxy) is 1. The molecular weight excluding hydrogens is 218 g/mol. The third kappa shape index (κ3) is 3.04. The molecule has 0 bridgehead atoms. The SMILES string of the molecule is CCNc1cc(N2CCOC(CN)C2)ncn1. The molecule has 0 aliphatic carbocycles. The molecule has 1 aromatic rings. The summed E-state index contributed by atoms with van der Waals surface area (Å²) in [6, 6.07) is 1.96. The van der Waals surface area contributed by atoms with Crippen molar-refractivity contribution in [3.63, 3.8) is 0 Å². The third-order valence-corrected chi connectivity index (χ3v) is 2.74. The number of anilines is 2. The second kappa shape index (κ2) is 5.79. The van der Waals surface area contributed by atoms with Crippen LogP contribution in [-0.4, -0.2) is 48.9 Å². The molecule has 0 radical (unpaired) electrons. The molecular formula is C11H19N5O. The van der Waals surface area contributed by atoms with Gasteiger partial charge in [-0.3, -0.25) is 0 Å². The average Bonchev–Trinajstić information content (AvgIpc) is 2.40. The molecule has 6 nitrogen and oxygen atoms in total. The van der Waals surface area contributed by atoms with Crippen LogP contribution in [0.25, 0.3) is 0 Å². The van der Waals surface area contributed by atoms with Crippen LogP contribution in [0.4, 0.5) is 11.6 Å². The molecule has 1 fully saturated rings. The smallest absolute Gasteiger partial charge is 0.134 e. The zero-order valence-electron chi connectivity index (χ0n) is 10.1. The minimum Gasteiger partial charge on any atom is -0.373 e. The highest BCUT2D eigenvalue weighted by molar-refractivity contribution is 5.48. The van der Waals surface area contributed by atoms with Crippen molar-refractivity contribution in [1.82, 2.24) is 9.97 Å². The van der Waals surface area contributed by atoms with Crippen LogP contribution in [-0.2, 0) is 4.74 Å². The summed E-state index contributed by atoms with van der Waals surface area (Å²) in [4.78, 5) is 10.6. The zero-order valence-corrected chi connectivity index (χ0v) is 10.1. The molecule has 1 aliphatic rings. The van der Waals surface area contributed by atoms with E-state index in [9.17, 15) is 0 Å². The largest absolute Gasteiger partial charge is 0.373 e. The maximum atomic E-state index is 5.62. The maximum absolute atomic E-state index is 5.62. The molecule has 0 amide bonds. The van der Waals surface area contributed by atoms with Crippen molar-refractivity contribution < 1.29 is 4.74 Å². The van der Waals surface area contributed by atoms with Crippen LogP contribution in [0.5, 0.6) is 0 Å². The Bertz CT molecular complexity index is 359. The van der Waals surface area contributed by atoms with Crippen molar-refractivity contribution >= 4 is 11.6 Å². The Balaban J connectivity index is 2.07. The van der Waals surface area contributed by atoms with E-state index in [4.69, 9.17) is 10.5 Å². The molecule has 0 aromatic carbocycles. The minimum atomic E-state index is 0.0984. The summed E-state index contributed by atoms with van der Waals surface area (Å²) >= 11 is 0. The summed E-state index contributed by atoms with van der Waals surface area (Å²) in [5.74, 6) is 1.78. The molecule has 1 aliphatic heterocycles. The van der Waals surface area contributed by atoms with Gasteiger partial charge >= 0.3 is 0 Å². The molecule has 1 saturated heterocycles. The number of rotatable bonds is 4. The van der Waals surface area contributed by atoms with Crippen molar-refractivity contribution in [2.75, 3.05) is 43.0 Å². The van der Waals surface area contributed by atoms with Crippen LogP contribution < -0.4 is 16.0 Å². The third-order valence-electron chi connectivity index (χ3n) is 2.74. The Hall–Kier alpha value is -1.40. The summed E-state index contributed by atoms with van der Waals surface area (Å²) in [5, 5.41) is 3.18. The highest BCUT2D eigenvalue weighted by Crippen LogP contribution is 2.16. The predicted octanol–water partition coefficient (Wildman–Crippen LogP) is 0.0723. The van der Waals surface area contributed by atoms with Gasteiger partial charge in [0.2, 0.25) is 0 Å². The number of hydrogen-bond donors (Lipinski definition) is 2. The van der Waals surface area contributed by atoms with Crippen LogP contribution >= 0.6 is 0 Å². The Labute approximate surface area is 101 Å². The lowest BCUT2D eigenvalue weighted by Crippen LogP contribution is -2.46. The molecule has 0 spiro atoms. The Morgan fingerprint density at radius 2 is 2.47 bits per heavy atom. The summed E-state index contributed by atoms with van der Waals surface area (Å²) in [7, 11) is 0. The van der Waals surface area contributed by atoms with E-state index in [1.807, 2.05) is 13.0 Å². The number of morpholine rings is 1. The summed E-state index contributed by atoms with van der Waals surface area (Å²) in [6.45, 7) is 5.77. The van der Waals surface area contributed by atoms with Crippen LogP contribution in [0.15, 0.2) is 12.4 Å². The minimum absolute atomic E-state index is 0.0984. The van der Waals surface area contributed by atoms with Gasteiger partial charge in [0.1, 0.15) is 18.0 Å². The maximum Gasteiger partial charge on any atom is 0.134 e. The zero-order chi connectivity index (χ0) is 12.1. The molecule has 2 heterocycles. The van der Waals surface area contributed by atoms with Gasteiger partial charge in [-0.25, -0.2) is 9.97 Å². The number of aromatic nitrogens is 2. The quantitative estimate of drug-likeness (QED) is 0.772. The molecule has 3 N–H and O–H groups in total. The Morgan fingerprint density at radius 3 is 3.24 bits per heavy atom. The van der Waals surface area contributed by atoms with Gasteiger partial charge in [-0.15, -0.1) is 0 Å². The fraction of sp³-hybridized carbons (Fsp3) is 0.636. The molecule has 1 atom stereocenters. The first-order chi connectivity index (χ1) is 8.33. The lowest BCUT2D eigenvalue weighted by Gasteiger charge is -2.33. The molecule has 1 aromatic heterocycles. The molecule has 17 heavy (non-hydrogen) atoms. The Kier molecular flexibility index (Phi) is 4.11. The lowest BCUT2D eigenvalue weighted by molar-refractivity contribution is 0.0463. The second-order valence-corrected chi connectivity index (χ2v) is 3.97. The monoisotopic (exact) mass is 237 g/mol. The van der Waals surface area contributed by atoms with Gasteiger partial charge in [0.15, 0.2) is 0 Å². The van der Waals surface area contributed by atoms with Gasteiger partial charge in [0.25, 0.3) is 0 Å². The number of hydrogen-bond acceptors (Lipinski definition) is 6. The van der Waals surface area contributed by atoms with Crippen molar-refractivity contribution in [3.8, 4) is 0 Å². The molecule has 2 rings (SSSR count). The first-order valence-electron chi connectivity index (χ1n) is 5.96. The van der Waals surface area contributed by atoms with Crippen molar-refractivity contribution in [1.29, 1.82) is 0 Å². The topological polar surface area (TPSA) is 76.3 Å². The fourth-order valence-corrected chi connectivity index (χ4v) is 1.87. The van der Waals surface area contributed by atoms with E-state index in [1.165, 1.54) is 0 Å². The molecule has 1 unspecified atom stereocenters. The van der Waals surface area contributed by atoms with E-state index in [0.717, 1.165) is 31.3 Å². The van der Waals surface area contributed by atoms with Gasteiger partial charge in [-0.1, -0.05) is 0 Å². The lowest BCUT2D eigenvalue weighted by atomic mass is 10.2. The highest BCUT2D eigenvalue weighted by Gasteiger charge is 2.20. The summed E-state index contributed by atoms with van der Waals surface area (Å²) in [5.41, 5.74) is 5.62. The van der Waals surface area contributed by atoms with E-state index < -0.39 is 0 Å². The number of nitrogens with one attached hydrogen (secondary N) is 1. The van der Waals surface area contributed by atoms with E-state index >= 15 is 0 Å². The number of nitrogens with two attached hydrogens (primary N) is 1. The van der Waals surface area contributed by atoms with Crippen molar-refractivity contribution in [3.05, 3.63) is 12.4 Å². The van der Waals surface area contributed by atoms with Crippen molar-refractivity contribution in [2.24, 2.45) is 5.73 Å². The van der Waals surface area contributed by atoms with E-state index in [2.05, 4.69) is 20.2 Å². The van der Waals surface area contributed by atoms with Gasteiger partial charge in [0.05, 0.1) is 12.7 Å². The molecule has 0 saturated carbocycles. The van der Waals surface area contributed by atoms with Crippen LogP contribution in [0.2, 0.25) is 0 Å². The average molecular weight is 237 g/mol. The second-order valence-electron chi connectivity index (χ2n) is 3.97. The number of nitrogens with zero attached hydrogens (tertiary/aromatic N) is 3. The van der Waals surface area contributed by atoms with E-state index in [0.29, 0.717) is 13.2 Å². The van der Waals surface area contributed by atoms with Crippen molar-refractivity contribution in [2.45, 2.75) is 13.0 Å². The summed E-state index contributed by atoms with van der Waals surface area (Å²) < 4.78 is 5.53. The first kappa shape index (κ1) is 12.1.